The summed E-state index contributed by atoms with van der Waals surface area (Å²) < 4.78 is 7.21. The fraction of sp³-hybridized carbons (Fsp3) is 0.737. The quantitative estimate of drug-likeness (QED) is 0.856. The first-order valence-electron chi connectivity index (χ1n) is 9.50. The van der Waals surface area contributed by atoms with E-state index in [0.29, 0.717) is 19.0 Å². The summed E-state index contributed by atoms with van der Waals surface area (Å²) in [5.41, 5.74) is 0.867. The molecule has 1 aromatic heterocycles. The number of nitrogens with zero attached hydrogens (tertiary/aromatic N) is 3. The van der Waals surface area contributed by atoms with Gasteiger partial charge in [0.15, 0.2) is 0 Å². The Morgan fingerprint density at radius 1 is 1.19 bits per heavy atom. The molecule has 2 aliphatic heterocycles. The van der Waals surface area contributed by atoms with Gasteiger partial charge in [-0.05, 0) is 37.9 Å². The zero-order valence-corrected chi connectivity index (χ0v) is 16.0. The minimum atomic E-state index is -0.0613. The summed E-state index contributed by atoms with van der Waals surface area (Å²) in [7, 11) is 0. The number of morpholine rings is 1. The van der Waals surface area contributed by atoms with Gasteiger partial charge < -0.3 is 15.0 Å². The standard InChI is InChI=1S/C19H30N4O3/c1-19(2,3)16-4-5-18(25)23(21-16)11-14-6-8-22(9-7-14)12-15-10-20-17(24)13-26-15/h4-5,14-15H,6-13H2,1-3H3,(H,20,24). The molecular weight excluding hydrogens is 332 g/mol. The van der Waals surface area contributed by atoms with E-state index in [1.807, 2.05) is 6.07 Å². The van der Waals surface area contributed by atoms with Crippen molar-refractivity contribution in [3.05, 3.63) is 28.2 Å². The topological polar surface area (TPSA) is 76.5 Å². The highest BCUT2D eigenvalue weighted by atomic mass is 16.5. The highest BCUT2D eigenvalue weighted by Crippen LogP contribution is 2.21. The highest BCUT2D eigenvalue weighted by Gasteiger charge is 2.25. The van der Waals surface area contributed by atoms with Crippen LogP contribution in [-0.2, 0) is 21.5 Å². The molecule has 1 N–H and O–H groups in total. The number of hydrogen-bond acceptors (Lipinski definition) is 5. The van der Waals surface area contributed by atoms with Gasteiger partial charge in [-0.3, -0.25) is 9.59 Å². The molecule has 2 fully saturated rings. The van der Waals surface area contributed by atoms with Crippen LogP contribution < -0.4 is 10.9 Å². The molecular formula is C19H30N4O3. The molecule has 7 heteroatoms. The minimum absolute atomic E-state index is 0.0215. The van der Waals surface area contributed by atoms with Crippen LogP contribution in [0.1, 0.15) is 39.3 Å². The fourth-order valence-corrected chi connectivity index (χ4v) is 3.51. The lowest BCUT2D eigenvalue weighted by Gasteiger charge is -2.35. The van der Waals surface area contributed by atoms with Crippen LogP contribution in [0.25, 0.3) is 0 Å². The first kappa shape index (κ1) is 19.0. The average molecular weight is 362 g/mol. The van der Waals surface area contributed by atoms with Gasteiger partial charge in [-0.1, -0.05) is 20.8 Å². The Kier molecular flexibility index (Phi) is 5.77. The molecule has 1 unspecified atom stereocenters. The predicted molar refractivity (Wildman–Crippen MR) is 99.1 cm³/mol. The molecule has 0 aromatic carbocycles. The zero-order valence-electron chi connectivity index (χ0n) is 16.0. The van der Waals surface area contributed by atoms with Gasteiger partial charge in [-0.25, -0.2) is 4.68 Å². The van der Waals surface area contributed by atoms with Crippen molar-refractivity contribution in [2.24, 2.45) is 5.92 Å². The van der Waals surface area contributed by atoms with Crippen LogP contribution in [0.5, 0.6) is 0 Å². The summed E-state index contributed by atoms with van der Waals surface area (Å²) in [6, 6.07) is 3.47. The molecule has 0 radical (unpaired) electrons. The summed E-state index contributed by atoms with van der Waals surface area (Å²) in [4.78, 5) is 25.7. The van der Waals surface area contributed by atoms with Gasteiger partial charge in [0.2, 0.25) is 5.91 Å². The van der Waals surface area contributed by atoms with E-state index in [1.54, 1.807) is 10.7 Å². The average Bonchev–Trinajstić information content (AvgIpc) is 2.59. The molecule has 144 valence electrons. The third kappa shape index (κ3) is 4.92. The van der Waals surface area contributed by atoms with E-state index < -0.39 is 0 Å². The van der Waals surface area contributed by atoms with E-state index in [1.165, 1.54) is 0 Å². The SMILES string of the molecule is CC(C)(C)c1ccc(=O)n(CC2CCN(CC3CNC(=O)CO3)CC2)n1. The van der Waals surface area contributed by atoms with Crippen molar-refractivity contribution >= 4 is 5.91 Å². The lowest BCUT2D eigenvalue weighted by Crippen LogP contribution is -2.49. The van der Waals surface area contributed by atoms with E-state index in [9.17, 15) is 9.59 Å². The van der Waals surface area contributed by atoms with E-state index >= 15 is 0 Å². The number of nitrogens with one attached hydrogen (secondary N) is 1. The molecule has 26 heavy (non-hydrogen) atoms. The van der Waals surface area contributed by atoms with E-state index in [0.717, 1.165) is 38.2 Å². The van der Waals surface area contributed by atoms with Crippen molar-refractivity contribution in [1.82, 2.24) is 20.0 Å². The van der Waals surface area contributed by atoms with Gasteiger partial charge in [0, 0.05) is 31.1 Å². The molecule has 3 heterocycles. The molecule has 1 amide bonds. The molecule has 2 aliphatic rings. The number of aromatic nitrogens is 2. The molecule has 0 spiro atoms. The predicted octanol–water partition coefficient (Wildman–Crippen LogP) is 0.768. The number of hydrogen-bond donors (Lipinski definition) is 1. The Labute approximate surface area is 154 Å². The Balaban J connectivity index is 1.51. The van der Waals surface area contributed by atoms with Crippen molar-refractivity contribution < 1.29 is 9.53 Å². The largest absolute Gasteiger partial charge is 0.365 e. The number of rotatable bonds is 4. The van der Waals surface area contributed by atoms with Crippen LogP contribution in [0, 0.1) is 5.92 Å². The van der Waals surface area contributed by atoms with Crippen molar-refractivity contribution in [2.45, 2.75) is 51.7 Å². The highest BCUT2D eigenvalue weighted by molar-refractivity contribution is 5.77. The van der Waals surface area contributed by atoms with Crippen LogP contribution in [-0.4, -0.2) is 59.5 Å². The Bertz CT molecular complexity index is 677. The zero-order chi connectivity index (χ0) is 18.7. The number of amides is 1. The van der Waals surface area contributed by atoms with Crippen LogP contribution in [0.4, 0.5) is 0 Å². The number of piperidine rings is 1. The first-order valence-corrected chi connectivity index (χ1v) is 9.50. The van der Waals surface area contributed by atoms with Gasteiger partial charge in [0.1, 0.15) is 6.61 Å². The molecule has 0 bridgehead atoms. The number of likely N-dealkylation sites (tertiary alicyclic amines) is 1. The van der Waals surface area contributed by atoms with E-state index in [2.05, 4.69) is 36.1 Å². The molecule has 1 aromatic rings. The second-order valence-electron chi connectivity index (χ2n) is 8.47. The van der Waals surface area contributed by atoms with Crippen LogP contribution in [0.15, 0.2) is 16.9 Å². The van der Waals surface area contributed by atoms with Gasteiger partial charge >= 0.3 is 0 Å². The van der Waals surface area contributed by atoms with Crippen LogP contribution >= 0.6 is 0 Å². The maximum absolute atomic E-state index is 12.2. The third-order valence-electron chi connectivity index (χ3n) is 5.21. The van der Waals surface area contributed by atoms with Crippen LogP contribution in [0.2, 0.25) is 0 Å². The summed E-state index contributed by atoms with van der Waals surface area (Å²) >= 11 is 0. The summed E-state index contributed by atoms with van der Waals surface area (Å²) in [5.74, 6) is 0.439. The number of carbonyl (C=O) groups excluding carboxylic acids is 1. The molecule has 1 atom stereocenters. The maximum atomic E-state index is 12.2. The van der Waals surface area contributed by atoms with Crippen LogP contribution in [0.3, 0.4) is 0 Å². The van der Waals surface area contributed by atoms with Crippen molar-refractivity contribution in [3.63, 3.8) is 0 Å². The summed E-state index contributed by atoms with van der Waals surface area (Å²) in [5, 5.41) is 7.44. The summed E-state index contributed by atoms with van der Waals surface area (Å²) in [6.07, 6.45) is 2.18. The maximum Gasteiger partial charge on any atom is 0.266 e. The normalized spacial score (nSPS) is 23.0. The minimum Gasteiger partial charge on any atom is -0.365 e. The summed E-state index contributed by atoms with van der Waals surface area (Å²) in [6.45, 7) is 10.6. The van der Waals surface area contributed by atoms with E-state index in [-0.39, 0.29) is 29.6 Å². The fourth-order valence-electron chi connectivity index (χ4n) is 3.51. The second kappa shape index (κ2) is 7.88. The van der Waals surface area contributed by atoms with Gasteiger partial charge in [0.25, 0.3) is 5.56 Å². The van der Waals surface area contributed by atoms with Gasteiger partial charge in [0.05, 0.1) is 11.8 Å². The van der Waals surface area contributed by atoms with Crippen molar-refractivity contribution in [2.75, 3.05) is 32.8 Å². The Morgan fingerprint density at radius 3 is 2.54 bits per heavy atom. The van der Waals surface area contributed by atoms with Gasteiger partial charge in [-0.2, -0.15) is 5.10 Å². The first-order chi connectivity index (χ1) is 12.3. The van der Waals surface area contributed by atoms with Crippen molar-refractivity contribution in [1.29, 1.82) is 0 Å². The Morgan fingerprint density at radius 2 is 1.92 bits per heavy atom. The molecule has 7 nitrogen and oxygen atoms in total. The van der Waals surface area contributed by atoms with E-state index in [4.69, 9.17) is 4.74 Å². The smallest absolute Gasteiger partial charge is 0.266 e. The lowest BCUT2D eigenvalue weighted by molar-refractivity contribution is -0.134. The molecule has 3 rings (SSSR count). The number of carbonyl (C=O) groups is 1. The molecule has 2 saturated heterocycles. The number of ether oxygens (including phenoxy) is 1. The van der Waals surface area contributed by atoms with Gasteiger partial charge in [-0.15, -0.1) is 0 Å². The Hall–Kier alpha value is -1.73. The monoisotopic (exact) mass is 362 g/mol. The molecule has 0 saturated carbocycles. The lowest BCUT2D eigenvalue weighted by atomic mass is 9.92. The molecule has 0 aliphatic carbocycles. The third-order valence-corrected chi connectivity index (χ3v) is 5.21. The second-order valence-corrected chi connectivity index (χ2v) is 8.47. The van der Waals surface area contributed by atoms with Crippen molar-refractivity contribution in [3.8, 4) is 0 Å².